The molecule has 3 aromatic rings. The van der Waals surface area contributed by atoms with Crippen molar-refractivity contribution in [3.05, 3.63) is 93.3 Å². The van der Waals surface area contributed by atoms with Gasteiger partial charge in [0.2, 0.25) is 0 Å². The Morgan fingerprint density at radius 3 is 2.53 bits per heavy atom. The van der Waals surface area contributed by atoms with Crippen LogP contribution in [0.5, 0.6) is 17.2 Å². The SMILES string of the molecule is COc1cc(/C=C(/C#N)C(=O)Nc2ccc([N+](=O)[O-])cc2O)ccc1OCc1ccc(F)cc1. The second kappa shape index (κ2) is 10.6. The van der Waals surface area contributed by atoms with Gasteiger partial charge in [-0.05, 0) is 47.5 Å². The first-order valence-electron chi connectivity index (χ1n) is 9.76. The molecule has 0 saturated carbocycles. The number of benzene rings is 3. The number of nitriles is 1. The number of phenols is 1. The van der Waals surface area contributed by atoms with E-state index in [1.54, 1.807) is 36.4 Å². The number of rotatable bonds is 8. The molecule has 10 heteroatoms. The third kappa shape index (κ3) is 5.86. The van der Waals surface area contributed by atoms with Crippen molar-refractivity contribution in [2.75, 3.05) is 12.4 Å². The molecule has 0 spiro atoms. The number of nitrogens with one attached hydrogen (secondary N) is 1. The summed E-state index contributed by atoms with van der Waals surface area (Å²) >= 11 is 0. The molecule has 0 fully saturated rings. The highest BCUT2D eigenvalue weighted by atomic mass is 19.1. The van der Waals surface area contributed by atoms with Crippen LogP contribution in [0.4, 0.5) is 15.8 Å². The van der Waals surface area contributed by atoms with Crippen LogP contribution >= 0.6 is 0 Å². The summed E-state index contributed by atoms with van der Waals surface area (Å²) in [4.78, 5) is 22.6. The number of nitro groups is 1. The van der Waals surface area contributed by atoms with E-state index in [2.05, 4.69) is 5.32 Å². The van der Waals surface area contributed by atoms with Crippen molar-refractivity contribution in [1.82, 2.24) is 0 Å². The maximum atomic E-state index is 13.0. The zero-order valence-corrected chi connectivity index (χ0v) is 17.8. The molecule has 0 aliphatic carbocycles. The Morgan fingerprint density at radius 1 is 1.18 bits per heavy atom. The van der Waals surface area contributed by atoms with Gasteiger partial charge in [-0.25, -0.2) is 4.39 Å². The Hall–Kier alpha value is -4.91. The summed E-state index contributed by atoms with van der Waals surface area (Å²) in [7, 11) is 1.43. The van der Waals surface area contributed by atoms with E-state index in [9.17, 15) is 29.7 Å². The van der Waals surface area contributed by atoms with Crippen LogP contribution in [0.25, 0.3) is 6.08 Å². The van der Waals surface area contributed by atoms with Crippen LogP contribution in [0.1, 0.15) is 11.1 Å². The first-order valence-corrected chi connectivity index (χ1v) is 9.76. The van der Waals surface area contributed by atoms with Gasteiger partial charge >= 0.3 is 0 Å². The minimum atomic E-state index is -0.817. The van der Waals surface area contributed by atoms with Crippen molar-refractivity contribution in [2.24, 2.45) is 0 Å². The lowest BCUT2D eigenvalue weighted by atomic mass is 10.1. The molecule has 0 aliphatic heterocycles. The number of methoxy groups -OCH3 is 1. The van der Waals surface area contributed by atoms with Crippen molar-refractivity contribution >= 4 is 23.4 Å². The standard InChI is InChI=1S/C24H18FN3O6/c1-33-23-11-16(4-9-22(23)34-14-15-2-5-18(25)6-3-15)10-17(13-26)24(30)27-20-8-7-19(28(31)32)12-21(20)29/h2-12,29H,14H2,1H3,(H,27,30)/b17-10-. The molecule has 0 unspecified atom stereocenters. The van der Waals surface area contributed by atoms with Crippen molar-refractivity contribution < 1.29 is 28.7 Å². The van der Waals surface area contributed by atoms with Crippen LogP contribution in [0.15, 0.2) is 66.2 Å². The van der Waals surface area contributed by atoms with E-state index >= 15 is 0 Å². The molecule has 3 aromatic carbocycles. The van der Waals surface area contributed by atoms with Gasteiger partial charge in [-0.3, -0.25) is 14.9 Å². The average molecular weight is 463 g/mol. The molecule has 0 bridgehead atoms. The van der Waals surface area contributed by atoms with E-state index in [4.69, 9.17) is 9.47 Å². The summed E-state index contributed by atoms with van der Waals surface area (Å²) in [6.45, 7) is 0.177. The molecule has 0 heterocycles. The number of amides is 1. The minimum absolute atomic E-state index is 0.0844. The van der Waals surface area contributed by atoms with Crippen molar-refractivity contribution in [3.63, 3.8) is 0 Å². The number of nitrogens with zero attached hydrogens (tertiary/aromatic N) is 2. The number of non-ortho nitro benzene ring substituents is 1. The fourth-order valence-corrected chi connectivity index (χ4v) is 2.88. The van der Waals surface area contributed by atoms with E-state index in [1.165, 1.54) is 25.3 Å². The number of ether oxygens (including phenoxy) is 2. The Kier molecular flexibility index (Phi) is 7.41. The third-order valence-corrected chi connectivity index (χ3v) is 4.61. The Bertz CT molecular complexity index is 1300. The monoisotopic (exact) mass is 463 g/mol. The second-order valence-corrected chi connectivity index (χ2v) is 6.91. The number of phenolic OH excluding ortho intramolecular Hbond substituents is 1. The van der Waals surface area contributed by atoms with Crippen LogP contribution < -0.4 is 14.8 Å². The van der Waals surface area contributed by atoms with Gasteiger partial charge in [0.1, 0.15) is 29.8 Å². The number of hydrogen-bond donors (Lipinski definition) is 2. The number of nitro benzene ring substituents is 1. The third-order valence-electron chi connectivity index (χ3n) is 4.61. The van der Waals surface area contributed by atoms with E-state index in [0.29, 0.717) is 17.1 Å². The van der Waals surface area contributed by atoms with Crippen LogP contribution in [0.3, 0.4) is 0 Å². The molecular formula is C24H18FN3O6. The van der Waals surface area contributed by atoms with Crippen LogP contribution in [0.2, 0.25) is 0 Å². The predicted molar refractivity (Wildman–Crippen MR) is 121 cm³/mol. The Balaban J connectivity index is 1.75. The van der Waals surface area contributed by atoms with E-state index in [1.807, 2.05) is 0 Å². The van der Waals surface area contributed by atoms with Crippen molar-refractivity contribution in [2.45, 2.75) is 6.61 Å². The molecule has 3 rings (SSSR count). The maximum Gasteiger partial charge on any atom is 0.273 e. The Morgan fingerprint density at radius 2 is 1.91 bits per heavy atom. The van der Waals surface area contributed by atoms with Gasteiger partial charge in [-0.1, -0.05) is 18.2 Å². The molecule has 0 aromatic heterocycles. The van der Waals surface area contributed by atoms with Gasteiger partial charge in [0, 0.05) is 6.07 Å². The van der Waals surface area contributed by atoms with Gasteiger partial charge in [0.05, 0.1) is 23.8 Å². The molecule has 0 aliphatic rings. The highest BCUT2D eigenvalue weighted by molar-refractivity contribution is 6.10. The van der Waals surface area contributed by atoms with Gasteiger partial charge < -0.3 is 19.9 Å². The zero-order chi connectivity index (χ0) is 24.7. The van der Waals surface area contributed by atoms with Gasteiger partial charge in [-0.15, -0.1) is 0 Å². The number of carbonyl (C=O) groups excluding carboxylic acids is 1. The summed E-state index contributed by atoms with van der Waals surface area (Å²) in [5.41, 5.74) is 0.509. The van der Waals surface area contributed by atoms with Gasteiger partial charge in [0.15, 0.2) is 11.5 Å². The predicted octanol–water partition coefficient (Wildman–Crippen LogP) is 4.57. The number of carbonyl (C=O) groups is 1. The van der Waals surface area contributed by atoms with E-state index in [0.717, 1.165) is 23.8 Å². The number of hydrogen-bond acceptors (Lipinski definition) is 7. The highest BCUT2D eigenvalue weighted by Crippen LogP contribution is 2.31. The van der Waals surface area contributed by atoms with Crippen LogP contribution in [-0.4, -0.2) is 23.0 Å². The number of aromatic hydroxyl groups is 1. The molecule has 0 saturated heterocycles. The van der Waals surface area contributed by atoms with E-state index < -0.39 is 16.6 Å². The minimum Gasteiger partial charge on any atom is -0.506 e. The van der Waals surface area contributed by atoms with Crippen LogP contribution in [0, 0.1) is 27.3 Å². The molecule has 1 amide bonds. The van der Waals surface area contributed by atoms with Gasteiger partial charge in [-0.2, -0.15) is 5.26 Å². The molecule has 0 radical (unpaired) electrons. The molecule has 9 nitrogen and oxygen atoms in total. The largest absolute Gasteiger partial charge is 0.506 e. The maximum absolute atomic E-state index is 13.0. The van der Waals surface area contributed by atoms with Crippen LogP contribution in [-0.2, 0) is 11.4 Å². The molecule has 34 heavy (non-hydrogen) atoms. The quantitative estimate of drug-likeness (QED) is 0.164. The van der Waals surface area contributed by atoms with Crippen molar-refractivity contribution in [3.8, 4) is 23.3 Å². The molecule has 172 valence electrons. The zero-order valence-electron chi connectivity index (χ0n) is 17.8. The number of anilines is 1. The lowest BCUT2D eigenvalue weighted by Gasteiger charge is -2.12. The summed E-state index contributed by atoms with van der Waals surface area (Å²) < 4.78 is 24.1. The fraction of sp³-hybridized carbons (Fsp3) is 0.0833. The van der Waals surface area contributed by atoms with E-state index in [-0.39, 0.29) is 29.4 Å². The normalized spacial score (nSPS) is 10.8. The lowest BCUT2D eigenvalue weighted by Crippen LogP contribution is -2.13. The first kappa shape index (κ1) is 23.7. The highest BCUT2D eigenvalue weighted by Gasteiger charge is 2.15. The average Bonchev–Trinajstić information content (AvgIpc) is 2.83. The topological polar surface area (TPSA) is 135 Å². The Labute approximate surface area is 193 Å². The van der Waals surface area contributed by atoms with Crippen molar-refractivity contribution in [1.29, 1.82) is 5.26 Å². The summed E-state index contributed by atoms with van der Waals surface area (Å²) in [5.74, 6) is -0.922. The fourth-order valence-electron chi connectivity index (χ4n) is 2.88. The number of halogens is 1. The molecular weight excluding hydrogens is 445 g/mol. The summed E-state index contributed by atoms with van der Waals surface area (Å²) in [5, 5.41) is 32.4. The molecule has 2 N–H and O–H groups in total. The summed E-state index contributed by atoms with van der Waals surface area (Å²) in [6.07, 6.45) is 1.31. The lowest BCUT2D eigenvalue weighted by molar-refractivity contribution is -0.384. The second-order valence-electron chi connectivity index (χ2n) is 6.91. The van der Waals surface area contributed by atoms with Gasteiger partial charge in [0.25, 0.3) is 11.6 Å². The molecule has 0 atom stereocenters. The smallest absolute Gasteiger partial charge is 0.273 e. The first-order chi connectivity index (χ1) is 16.3. The summed E-state index contributed by atoms with van der Waals surface area (Å²) in [6, 6.07) is 15.6.